The predicted octanol–water partition coefficient (Wildman–Crippen LogP) is 4.45. The zero-order valence-corrected chi connectivity index (χ0v) is 13.2. The summed E-state index contributed by atoms with van der Waals surface area (Å²) in [5.74, 6) is -0.488. The van der Waals surface area contributed by atoms with Gasteiger partial charge in [0.25, 0.3) is 5.91 Å². The van der Waals surface area contributed by atoms with Crippen LogP contribution in [0.1, 0.15) is 21.7 Å². The molecule has 0 radical (unpaired) electrons. The Balaban J connectivity index is 1.78. The average molecular weight is 345 g/mol. The number of carbonyl (C=O) groups is 1. The largest absolute Gasteiger partial charge is 0.416 e. The number of aromatic nitrogens is 2. The summed E-state index contributed by atoms with van der Waals surface area (Å²) >= 11 is 0. The Hall–Kier alpha value is -3.09. The molecule has 1 amide bonds. The van der Waals surface area contributed by atoms with Gasteiger partial charge < -0.3 is 5.32 Å². The molecule has 7 heteroatoms. The van der Waals surface area contributed by atoms with Crippen LogP contribution in [0.2, 0.25) is 0 Å². The van der Waals surface area contributed by atoms with Crippen LogP contribution in [0.3, 0.4) is 0 Å². The molecule has 0 bridgehead atoms. The predicted molar refractivity (Wildman–Crippen MR) is 87.7 cm³/mol. The van der Waals surface area contributed by atoms with E-state index in [2.05, 4.69) is 10.4 Å². The summed E-state index contributed by atoms with van der Waals surface area (Å²) in [4.78, 5) is 12.3. The van der Waals surface area contributed by atoms with E-state index >= 15 is 0 Å². The smallest absolute Gasteiger partial charge is 0.321 e. The van der Waals surface area contributed by atoms with E-state index < -0.39 is 17.6 Å². The van der Waals surface area contributed by atoms with Crippen LogP contribution in [0.15, 0.2) is 60.7 Å². The van der Waals surface area contributed by atoms with Crippen LogP contribution in [0.4, 0.5) is 18.9 Å². The highest BCUT2D eigenvalue weighted by Gasteiger charge is 2.30. The van der Waals surface area contributed by atoms with Gasteiger partial charge in [0.15, 0.2) is 5.69 Å². The van der Waals surface area contributed by atoms with Crippen molar-refractivity contribution in [1.29, 1.82) is 0 Å². The highest BCUT2D eigenvalue weighted by atomic mass is 19.4. The first kappa shape index (κ1) is 16.8. The van der Waals surface area contributed by atoms with Crippen molar-refractivity contribution in [3.8, 4) is 5.69 Å². The molecule has 0 saturated carbocycles. The Kier molecular flexibility index (Phi) is 4.31. The van der Waals surface area contributed by atoms with Gasteiger partial charge in [0.2, 0.25) is 0 Å². The minimum atomic E-state index is -4.41. The number of alkyl halides is 3. The monoisotopic (exact) mass is 345 g/mol. The summed E-state index contributed by atoms with van der Waals surface area (Å²) in [5, 5.41) is 6.80. The van der Waals surface area contributed by atoms with E-state index in [0.29, 0.717) is 0 Å². The maximum absolute atomic E-state index is 12.6. The molecule has 4 nitrogen and oxygen atoms in total. The number of halogens is 3. The number of amides is 1. The van der Waals surface area contributed by atoms with Crippen molar-refractivity contribution in [3.63, 3.8) is 0 Å². The molecule has 0 saturated heterocycles. The second-order valence-electron chi connectivity index (χ2n) is 5.45. The van der Waals surface area contributed by atoms with Gasteiger partial charge in [-0.3, -0.25) is 4.79 Å². The third-order valence-corrected chi connectivity index (χ3v) is 3.59. The topological polar surface area (TPSA) is 46.9 Å². The van der Waals surface area contributed by atoms with Crippen LogP contribution < -0.4 is 5.32 Å². The third-order valence-electron chi connectivity index (χ3n) is 3.59. The highest BCUT2D eigenvalue weighted by Crippen LogP contribution is 2.29. The molecule has 1 aromatic heterocycles. The lowest BCUT2D eigenvalue weighted by atomic mass is 10.2. The van der Waals surface area contributed by atoms with E-state index in [4.69, 9.17) is 0 Å². The number of carbonyl (C=O) groups excluding carboxylic acids is 1. The highest BCUT2D eigenvalue weighted by molar-refractivity contribution is 6.02. The molecule has 128 valence electrons. The van der Waals surface area contributed by atoms with Gasteiger partial charge in [-0.25, -0.2) is 4.68 Å². The fourth-order valence-corrected chi connectivity index (χ4v) is 2.35. The summed E-state index contributed by atoms with van der Waals surface area (Å²) in [5.41, 5.74) is 1.26. The molecule has 0 aliphatic carbocycles. The summed E-state index contributed by atoms with van der Waals surface area (Å²) in [6.45, 7) is 1.81. The average Bonchev–Trinajstić information content (AvgIpc) is 2.97. The quantitative estimate of drug-likeness (QED) is 0.762. The Bertz CT molecular complexity index is 884. The van der Waals surface area contributed by atoms with Gasteiger partial charge in [-0.15, -0.1) is 0 Å². The zero-order chi connectivity index (χ0) is 18.0. The molecule has 0 spiro atoms. The Labute approximate surface area is 141 Å². The summed E-state index contributed by atoms with van der Waals surface area (Å²) < 4.78 is 39.3. The fraction of sp³-hybridized carbons (Fsp3) is 0.111. The van der Waals surface area contributed by atoms with E-state index in [1.165, 1.54) is 12.1 Å². The van der Waals surface area contributed by atoms with Crippen molar-refractivity contribution in [3.05, 3.63) is 77.6 Å². The molecule has 0 aliphatic heterocycles. The number of benzene rings is 2. The molecule has 2 aromatic carbocycles. The van der Waals surface area contributed by atoms with Gasteiger partial charge >= 0.3 is 6.18 Å². The van der Waals surface area contributed by atoms with Gasteiger partial charge in [0.1, 0.15) is 0 Å². The van der Waals surface area contributed by atoms with Gasteiger partial charge in [0, 0.05) is 11.4 Å². The molecule has 0 fully saturated rings. The number of rotatable bonds is 3. The second kappa shape index (κ2) is 6.43. The van der Waals surface area contributed by atoms with E-state index in [1.807, 2.05) is 37.3 Å². The summed E-state index contributed by atoms with van der Waals surface area (Å²) in [6.07, 6.45) is -4.41. The molecule has 1 N–H and O–H groups in total. The molecule has 0 aliphatic rings. The maximum Gasteiger partial charge on any atom is 0.416 e. The van der Waals surface area contributed by atoms with Crippen molar-refractivity contribution in [2.45, 2.75) is 13.1 Å². The SMILES string of the molecule is Cc1cc(C(=O)Nc2ccc(C(F)(F)F)cc2)nn1-c1ccccc1. The van der Waals surface area contributed by atoms with Crippen LogP contribution in [-0.4, -0.2) is 15.7 Å². The number of hydrogen-bond acceptors (Lipinski definition) is 2. The number of aryl methyl sites for hydroxylation is 1. The third kappa shape index (κ3) is 3.71. The minimum Gasteiger partial charge on any atom is -0.321 e. The number of anilines is 1. The van der Waals surface area contributed by atoms with Crippen molar-refractivity contribution in [2.75, 3.05) is 5.32 Å². The van der Waals surface area contributed by atoms with Gasteiger partial charge in [-0.05, 0) is 49.4 Å². The molecule has 3 rings (SSSR count). The number of nitrogens with one attached hydrogen (secondary N) is 1. The first-order chi connectivity index (χ1) is 11.8. The molecular formula is C18H14F3N3O. The number of nitrogens with zero attached hydrogens (tertiary/aromatic N) is 2. The lowest BCUT2D eigenvalue weighted by molar-refractivity contribution is -0.137. The van der Waals surface area contributed by atoms with E-state index in [0.717, 1.165) is 23.5 Å². The first-order valence-electron chi connectivity index (χ1n) is 7.45. The van der Waals surface area contributed by atoms with Crippen molar-refractivity contribution in [2.24, 2.45) is 0 Å². The molecular weight excluding hydrogens is 331 g/mol. The Morgan fingerprint density at radius 1 is 1.04 bits per heavy atom. The maximum atomic E-state index is 12.6. The first-order valence-corrected chi connectivity index (χ1v) is 7.45. The molecule has 3 aromatic rings. The Morgan fingerprint density at radius 2 is 1.68 bits per heavy atom. The lowest BCUT2D eigenvalue weighted by Gasteiger charge is -2.08. The standard InChI is InChI=1S/C18H14F3N3O/c1-12-11-16(23-24(12)15-5-3-2-4-6-15)17(25)22-14-9-7-13(8-10-14)18(19,20)21/h2-11H,1H3,(H,22,25). The van der Waals surface area contributed by atoms with E-state index in [1.54, 1.807) is 10.7 Å². The number of hydrogen-bond donors (Lipinski definition) is 1. The fourth-order valence-electron chi connectivity index (χ4n) is 2.35. The van der Waals surface area contributed by atoms with Crippen LogP contribution in [0, 0.1) is 6.92 Å². The van der Waals surface area contributed by atoms with E-state index in [-0.39, 0.29) is 11.4 Å². The van der Waals surface area contributed by atoms with Gasteiger partial charge in [-0.1, -0.05) is 18.2 Å². The van der Waals surface area contributed by atoms with Crippen LogP contribution >= 0.6 is 0 Å². The molecule has 0 unspecified atom stereocenters. The second-order valence-corrected chi connectivity index (χ2v) is 5.45. The molecule has 0 atom stereocenters. The molecule has 25 heavy (non-hydrogen) atoms. The summed E-state index contributed by atoms with van der Waals surface area (Å²) in [7, 11) is 0. The van der Waals surface area contributed by atoms with E-state index in [9.17, 15) is 18.0 Å². The summed E-state index contributed by atoms with van der Waals surface area (Å²) in [6, 6.07) is 15.2. The van der Waals surface area contributed by atoms with Crippen LogP contribution in [0.25, 0.3) is 5.69 Å². The Morgan fingerprint density at radius 3 is 2.28 bits per heavy atom. The van der Waals surface area contributed by atoms with Crippen molar-refractivity contribution in [1.82, 2.24) is 9.78 Å². The van der Waals surface area contributed by atoms with Gasteiger partial charge in [-0.2, -0.15) is 18.3 Å². The minimum absolute atomic E-state index is 0.182. The van der Waals surface area contributed by atoms with Gasteiger partial charge in [0.05, 0.1) is 11.3 Å². The van der Waals surface area contributed by atoms with Crippen molar-refractivity contribution < 1.29 is 18.0 Å². The van der Waals surface area contributed by atoms with Crippen molar-refractivity contribution >= 4 is 11.6 Å². The zero-order valence-electron chi connectivity index (χ0n) is 13.2. The lowest BCUT2D eigenvalue weighted by Crippen LogP contribution is -2.13. The van der Waals surface area contributed by atoms with Crippen LogP contribution in [0.5, 0.6) is 0 Å². The van der Waals surface area contributed by atoms with Crippen LogP contribution in [-0.2, 0) is 6.18 Å². The normalized spacial score (nSPS) is 11.4. The molecule has 1 heterocycles. The number of para-hydroxylation sites is 1.